The summed E-state index contributed by atoms with van der Waals surface area (Å²) < 4.78 is 5.41. The molecule has 210 valence electrons. The molecule has 1 aliphatic heterocycles. The summed E-state index contributed by atoms with van der Waals surface area (Å²) in [6, 6.07) is 25.3. The Labute approximate surface area is 243 Å². The maximum Gasteiger partial charge on any atom is 0.229 e. The van der Waals surface area contributed by atoms with Gasteiger partial charge in [-0.15, -0.1) is 0 Å². The summed E-state index contributed by atoms with van der Waals surface area (Å²) in [4.78, 5) is 22.6. The van der Waals surface area contributed by atoms with E-state index in [0.717, 1.165) is 64.0 Å². The van der Waals surface area contributed by atoms with E-state index in [1.807, 2.05) is 24.0 Å². The van der Waals surface area contributed by atoms with Gasteiger partial charge in [0.05, 0.1) is 25.6 Å². The second kappa shape index (κ2) is 11.6. The quantitative estimate of drug-likeness (QED) is 0.240. The third-order valence-electron chi connectivity index (χ3n) is 7.72. The van der Waals surface area contributed by atoms with Crippen LogP contribution in [0.3, 0.4) is 0 Å². The minimum absolute atomic E-state index is 0.0489. The van der Waals surface area contributed by atoms with Crippen LogP contribution >= 0.6 is 0 Å². The van der Waals surface area contributed by atoms with Crippen LogP contribution in [0, 0.1) is 29.6 Å². The molecule has 1 aliphatic rings. The lowest BCUT2D eigenvalue weighted by Crippen LogP contribution is -2.34. The van der Waals surface area contributed by atoms with E-state index in [1.54, 1.807) is 13.3 Å². The zero-order chi connectivity index (χ0) is 29.1. The lowest BCUT2D eigenvalue weighted by Gasteiger charge is -2.27. The van der Waals surface area contributed by atoms with Crippen molar-refractivity contribution in [1.82, 2.24) is 4.98 Å². The Hall–Kier alpha value is -4.37. The van der Waals surface area contributed by atoms with Crippen molar-refractivity contribution >= 4 is 28.2 Å². The van der Waals surface area contributed by atoms with Gasteiger partial charge in [-0.25, -0.2) is 4.98 Å². The molecular weight excluding hydrogens is 508 g/mol. The van der Waals surface area contributed by atoms with Crippen molar-refractivity contribution < 1.29 is 9.53 Å². The molecule has 1 atom stereocenters. The van der Waals surface area contributed by atoms with Crippen molar-refractivity contribution in [2.45, 2.75) is 47.1 Å². The van der Waals surface area contributed by atoms with Gasteiger partial charge in [-0.1, -0.05) is 51.1 Å². The first kappa shape index (κ1) is 28.2. The average molecular weight is 547 g/mol. The molecule has 0 bridgehead atoms. The van der Waals surface area contributed by atoms with Gasteiger partial charge in [0, 0.05) is 36.8 Å². The van der Waals surface area contributed by atoms with Crippen molar-refractivity contribution in [1.29, 1.82) is 5.26 Å². The normalized spacial score (nSPS) is 15.1. The Bertz CT molecular complexity index is 1600. The SMILES string of the molecule is COc1ccc(-c2ccc(CN(C(=O)CC(C)(C)C)c3nccc4cc(N5CCC(C#N)C5)ccc34)cc2)cc1C. The van der Waals surface area contributed by atoms with Gasteiger partial charge in [0.25, 0.3) is 0 Å². The number of ether oxygens (including phenoxy) is 1. The van der Waals surface area contributed by atoms with E-state index in [2.05, 4.69) is 86.3 Å². The summed E-state index contributed by atoms with van der Waals surface area (Å²) in [5.74, 6) is 1.67. The van der Waals surface area contributed by atoms with E-state index in [4.69, 9.17) is 9.72 Å². The molecule has 1 fully saturated rings. The molecule has 0 spiro atoms. The first-order valence-electron chi connectivity index (χ1n) is 14.2. The molecule has 1 amide bonds. The summed E-state index contributed by atoms with van der Waals surface area (Å²) >= 11 is 0. The molecule has 5 rings (SSSR count). The van der Waals surface area contributed by atoms with Crippen LogP contribution in [0.15, 0.2) is 72.9 Å². The zero-order valence-corrected chi connectivity index (χ0v) is 24.6. The van der Waals surface area contributed by atoms with Gasteiger partial charge in [-0.05, 0) is 82.8 Å². The summed E-state index contributed by atoms with van der Waals surface area (Å²) in [5, 5.41) is 11.3. The van der Waals surface area contributed by atoms with Crippen LogP contribution in [0.4, 0.5) is 11.5 Å². The van der Waals surface area contributed by atoms with E-state index in [-0.39, 0.29) is 17.2 Å². The lowest BCUT2D eigenvalue weighted by molar-refractivity contribution is -0.120. The highest BCUT2D eigenvalue weighted by atomic mass is 16.5. The number of carbonyl (C=O) groups is 1. The smallest absolute Gasteiger partial charge is 0.229 e. The van der Waals surface area contributed by atoms with Crippen LogP contribution in [-0.4, -0.2) is 31.1 Å². The number of fused-ring (bicyclic) bond motifs is 1. The highest BCUT2D eigenvalue weighted by molar-refractivity contribution is 6.03. The van der Waals surface area contributed by atoms with Gasteiger partial charge >= 0.3 is 0 Å². The minimum Gasteiger partial charge on any atom is -0.496 e. The predicted octanol–water partition coefficient (Wildman–Crippen LogP) is 7.54. The second-order valence-corrected chi connectivity index (χ2v) is 12.2. The summed E-state index contributed by atoms with van der Waals surface area (Å²) in [7, 11) is 1.69. The maximum atomic E-state index is 13.8. The number of carbonyl (C=O) groups excluding carboxylic acids is 1. The van der Waals surface area contributed by atoms with Crippen molar-refractivity contribution in [2.75, 3.05) is 30.0 Å². The van der Waals surface area contributed by atoms with Gasteiger partial charge in [0.2, 0.25) is 5.91 Å². The van der Waals surface area contributed by atoms with Crippen LogP contribution in [0.2, 0.25) is 0 Å². The molecule has 0 N–H and O–H groups in total. The Kier molecular flexibility index (Phi) is 7.99. The summed E-state index contributed by atoms with van der Waals surface area (Å²) in [6.45, 7) is 10.4. The molecule has 4 aromatic rings. The van der Waals surface area contributed by atoms with E-state index in [1.165, 1.54) is 0 Å². The van der Waals surface area contributed by atoms with Crippen LogP contribution in [-0.2, 0) is 11.3 Å². The molecule has 1 unspecified atom stereocenters. The molecule has 6 nitrogen and oxygen atoms in total. The molecular formula is C35H38N4O2. The Balaban J connectivity index is 1.46. The number of nitriles is 1. The van der Waals surface area contributed by atoms with Gasteiger partial charge in [-0.2, -0.15) is 5.26 Å². The maximum absolute atomic E-state index is 13.8. The number of aromatic nitrogens is 1. The molecule has 0 aliphatic carbocycles. The van der Waals surface area contributed by atoms with E-state index in [9.17, 15) is 10.1 Å². The molecule has 1 saturated heterocycles. The van der Waals surface area contributed by atoms with E-state index in [0.29, 0.717) is 18.8 Å². The lowest BCUT2D eigenvalue weighted by atomic mass is 9.91. The van der Waals surface area contributed by atoms with Crippen molar-refractivity contribution in [3.8, 4) is 22.9 Å². The number of rotatable bonds is 7. The summed E-state index contributed by atoms with van der Waals surface area (Å²) in [5.41, 5.74) is 5.31. The van der Waals surface area contributed by atoms with Gasteiger partial charge in [0.15, 0.2) is 0 Å². The third kappa shape index (κ3) is 6.36. The van der Waals surface area contributed by atoms with Crippen LogP contribution in [0.1, 0.15) is 44.7 Å². The molecule has 6 heteroatoms. The number of hydrogen-bond donors (Lipinski definition) is 0. The fourth-order valence-electron chi connectivity index (χ4n) is 5.53. The topological polar surface area (TPSA) is 69.5 Å². The Morgan fingerprint density at radius 2 is 1.83 bits per heavy atom. The monoisotopic (exact) mass is 546 g/mol. The second-order valence-electron chi connectivity index (χ2n) is 12.2. The average Bonchev–Trinajstić information content (AvgIpc) is 3.44. The fourth-order valence-corrected chi connectivity index (χ4v) is 5.53. The number of aryl methyl sites for hydroxylation is 1. The predicted molar refractivity (Wildman–Crippen MR) is 166 cm³/mol. The van der Waals surface area contributed by atoms with Crippen LogP contribution < -0.4 is 14.5 Å². The van der Waals surface area contributed by atoms with Crippen molar-refractivity contribution in [3.63, 3.8) is 0 Å². The summed E-state index contributed by atoms with van der Waals surface area (Å²) in [6.07, 6.45) is 3.09. The number of hydrogen-bond acceptors (Lipinski definition) is 5. The number of methoxy groups -OCH3 is 1. The highest BCUT2D eigenvalue weighted by Crippen LogP contribution is 2.33. The standard InChI is InChI=1S/C35H38N4O2/c1-24-18-28(10-13-32(24)41-5)27-8-6-25(7-9-27)23-39(33(40)20-35(2,3)4)34-31-12-11-30(19-29(31)14-16-37-34)38-17-15-26(21-36)22-38/h6-14,16,18-19,26H,15,17,20,22-23H2,1-5H3. The van der Waals surface area contributed by atoms with Gasteiger partial charge in [0.1, 0.15) is 11.6 Å². The van der Waals surface area contributed by atoms with Crippen LogP contribution in [0.5, 0.6) is 5.75 Å². The van der Waals surface area contributed by atoms with Crippen LogP contribution in [0.25, 0.3) is 21.9 Å². The molecule has 0 radical (unpaired) electrons. The first-order valence-corrected chi connectivity index (χ1v) is 14.2. The molecule has 1 aromatic heterocycles. The van der Waals surface area contributed by atoms with E-state index >= 15 is 0 Å². The third-order valence-corrected chi connectivity index (χ3v) is 7.72. The van der Waals surface area contributed by atoms with Gasteiger partial charge < -0.3 is 9.64 Å². The fraction of sp³-hybridized carbons (Fsp3) is 0.343. The number of amides is 1. The number of anilines is 2. The number of benzene rings is 3. The highest BCUT2D eigenvalue weighted by Gasteiger charge is 2.26. The Morgan fingerprint density at radius 3 is 2.49 bits per heavy atom. The Morgan fingerprint density at radius 1 is 1.07 bits per heavy atom. The molecule has 41 heavy (non-hydrogen) atoms. The van der Waals surface area contributed by atoms with Crippen molar-refractivity contribution in [2.24, 2.45) is 11.3 Å². The minimum atomic E-state index is -0.157. The number of nitrogens with zero attached hydrogens (tertiary/aromatic N) is 4. The van der Waals surface area contributed by atoms with Crippen molar-refractivity contribution in [3.05, 3.63) is 84.1 Å². The van der Waals surface area contributed by atoms with E-state index < -0.39 is 0 Å². The first-order chi connectivity index (χ1) is 19.6. The molecule has 3 aromatic carbocycles. The molecule has 0 saturated carbocycles. The largest absolute Gasteiger partial charge is 0.496 e. The molecule has 2 heterocycles. The number of pyridine rings is 1. The van der Waals surface area contributed by atoms with Gasteiger partial charge in [-0.3, -0.25) is 9.69 Å². The zero-order valence-electron chi connectivity index (χ0n) is 24.6.